The van der Waals surface area contributed by atoms with E-state index in [1.54, 1.807) is 23.8 Å². The molecule has 2 aromatic heterocycles. The number of rotatable bonds is 5. The Labute approximate surface area is 121 Å². The molecule has 2 heterocycles. The molecule has 3 nitrogen and oxygen atoms in total. The predicted octanol–water partition coefficient (Wildman–Crippen LogP) is 4.05. The summed E-state index contributed by atoms with van der Waals surface area (Å²) in [6.07, 6.45) is 4.08. The lowest BCUT2D eigenvalue weighted by Gasteiger charge is -2.24. The zero-order chi connectivity index (χ0) is 13.7. The average Bonchev–Trinajstić information content (AvgIpc) is 2.88. The summed E-state index contributed by atoms with van der Waals surface area (Å²) in [5.41, 5.74) is 0.202. The molecule has 0 spiro atoms. The zero-order valence-corrected chi connectivity index (χ0v) is 12.0. The predicted molar refractivity (Wildman–Crippen MR) is 76.6 cm³/mol. The van der Waals surface area contributed by atoms with E-state index >= 15 is 0 Å². The van der Waals surface area contributed by atoms with Crippen LogP contribution in [-0.2, 0) is 5.41 Å². The molecule has 0 fully saturated rings. The van der Waals surface area contributed by atoms with Crippen molar-refractivity contribution in [2.75, 3.05) is 6.61 Å². The maximum atomic E-state index is 9.53. The summed E-state index contributed by atoms with van der Waals surface area (Å²) in [4.78, 5) is 4.08. The van der Waals surface area contributed by atoms with E-state index in [1.807, 2.05) is 19.1 Å². The second-order valence-corrected chi connectivity index (χ2v) is 5.47. The highest BCUT2D eigenvalue weighted by Gasteiger charge is 2.32. The largest absolute Gasteiger partial charge is 0.482 e. The van der Waals surface area contributed by atoms with Crippen LogP contribution in [0.1, 0.15) is 18.9 Å². The monoisotopic (exact) mass is 292 g/mol. The first-order valence-electron chi connectivity index (χ1n) is 5.89. The van der Waals surface area contributed by atoms with E-state index in [9.17, 15) is 5.26 Å². The van der Waals surface area contributed by atoms with Crippen LogP contribution in [-0.4, -0.2) is 11.6 Å². The molecule has 0 saturated heterocycles. The number of nitriles is 1. The average molecular weight is 293 g/mol. The molecule has 0 N–H and O–H groups in total. The van der Waals surface area contributed by atoms with Crippen LogP contribution in [0.15, 0.2) is 36.0 Å². The molecule has 0 aliphatic carbocycles. The highest BCUT2D eigenvalue weighted by molar-refractivity contribution is 7.12. The fourth-order valence-corrected chi connectivity index (χ4v) is 2.69. The second-order valence-electron chi connectivity index (χ2n) is 4.16. The van der Waals surface area contributed by atoms with Gasteiger partial charge in [0.1, 0.15) is 12.0 Å². The van der Waals surface area contributed by atoms with Gasteiger partial charge in [-0.2, -0.15) is 5.26 Å². The quantitative estimate of drug-likeness (QED) is 0.835. The highest BCUT2D eigenvalue weighted by atomic mass is 35.5. The van der Waals surface area contributed by atoms with E-state index in [-0.39, 0.29) is 0 Å². The molecule has 1 unspecified atom stereocenters. The number of ether oxygens (including phenoxy) is 1. The van der Waals surface area contributed by atoms with E-state index in [2.05, 4.69) is 11.1 Å². The Morgan fingerprint density at radius 1 is 1.58 bits per heavy atom. The summed E-state index contributed by atoms with van der Waals surface area (Å²) < 4.78 is 5.71. The van der Waals surface area contributed by atoms with E-state index in [0.717, 1.165) is 10.6 Å². The minimum absolute atomic E-state index is 0.294. The van der Waals surface area contributed by atoms with Crippen molar-refractivity contribution in [2.45, 2.75) is 18.8 Å². The Morgan fingerprint density at radius 3 is 2.95 bits per heavy atom. The van der Waals surface area contributed by atoms with E-state index in [1.165, 1.54) is 11.3 Å². The molecule has 0 aliphatic rings. The Balaban J connectivity index is 2.19. The minimum atomic E-state index is -0.676. The fraction of sp³-hybridized carbons (Fsp3) is 0.286. The van der Waals surface area contributed by atoms with Crippen molar-refractivity contribution < 1.29 is 4.74 Å². The van der Waals surface area contributed by atoms with E-state index < -0.39 is 5.41 Å². The Hall–Kier alpha value is -1.57. The number of thiophene rings is 1. The molecule has 0 saturated carbocycles. The molecule has 0 radical (unpaired) electrons. The number of nitrogens with zero attached hydrogens (tertiary/aromatic N) is 2. The Bertz CT molecular complexity index is 579. The van der Waals surface area contributed by atoms with Gasteiger partial charge in [0.25, 0.3) is 0 Å². The van der Waals surface area contributed by atoms with Crippen LogP contribution in [0.5, 0.6) is 5.06 Å². The summed E-state index contributed by atoms with van der Waals surface area (Å²) >= 11 is 7.28. The van der Waals surface area contributed by atoms with Crippen molar-refractivity contribution >= 4 is 22.9 Å². The highest BCUT2D eigenvalue weighted by Crippen LogP contribution is 2.31. The summed E-state index contributed by atoms with van der Waals surface area (Å²) in [5, 5.41) is 12.7. The third-order valence-electron chi connectivity index (χ3n) is 3.04. The van der Waals surface area contributed by atoms with Crippen LogP contribution in [0, 0.1) is 11.3 Å². The number of pyridine rings is 1. The van der Waals surface area contributed by atoms with Gasteiger partial charge in [-0.05, 0) is 18.1 Å². The van der Waals surface area contributed by atoms with Crippen LogP contribution in [0.25, 0.3) is 0 Å². The van der Waals surface area contributed by atoms with E-state index in [4.69, 9.17) is 16.3 Å². The molecule has 0 aliphatic heterocycles. The number of hydrogen-bond donors (Lipinski definition) is 0. The van der Waals surface area contributed by atoms with Gasteiger partial charge in [0, 0.05) is 23.8 Å². The van der Waals surface area contributed by atoms with Crippen molar-refractivity contribution in [2.24, 2.45) is 0 Å². The number of hydrogen-bond acceptors (Lipinski definition) is 4. The van der Waals surface area contributed by atoms with Gasteiger partial charge in [0.05, 0.1) is 11.1 Å². The first-order valence-corrected chi connectivity index (χ1v) is 7.14. The summed E-state index contributed by atoms with van der Waals surface area (Å²) in [5.74, 6) is 0. The molecule has 0 bridgehead atoms. The van der Waals surface area contributed by atoms with Crippen LogP contribution >= 0.6 is 22.9 Å². The first kappa shape index (κ1) is 13.9. The van der Waals surface area contributed by atoms with Gasteiger partial charge in [0.2, 0.25) is 0 Å². The Morgan fingerprint density at radius 2 is 2.42 bits per heavy atom. The lowest BCUT2D eigenvalue weighted by molar-refractivity contribution is 0.253. The first-order chi connectivity index (χ1) is 9.20. The molecular formula is C14H13ClN2OS. The molecule has 19 heavy (non-hydrogen) atoms. The topological polar surface area (TPSA) is 45.9 Å². The zero-order valence-electron chi connectivity index (χ0n) is 10.5. The van der Waals surface area contributed by atoms with Gasteiger partial charge in [-0.3, -0.25) is 4.98 Å². The molecule has 2 rings (SSSR count). The van der Waals surface area contributed by atoms with Crippen molar-refractivity contribution in [1.82, 2.24) is 4.98 Å². The van der Waals surface area contributed by atoms with Crippen LogP contribution in [0.3, 0.4) is 0 Å². The third kappa shape index (κ3) is 3.06. The van der Waals surface area contributed by atoms with Gasteiger partial charge in [-0.15, -0.1) is 11.3 Å². The van der Waals surface area contributed by atoms with Crippen molar-refractivity contribution in [1.29, 1.82) is 5.26 Å². The summed E-state index contributed by atoms with van der Waals surface area (Å²) in [6, 6.07) is 7.86. The third-order valence-corrected chi connectivity index (χ3v) is 4.22. The van der Waals surface area contributed by atoms with Crippen LogP contribution < -0.4 is 4.74 Å². The number of halogens is 1. The normalized spacial score (nSPS) is 13.5. The smallest absolute Gasteiger partial charge is 0.175 e. The lowest BCUT2D eigenvalue weighted by Crippen LogP contribution is -2.31. The second kappa shape index (κ2) is 6.05. The van der Waals surface area contributed by atoms with E-state index in [0.29, 0.717) is 18.1 Å². The fourth-order valence-electron chi connectivity index (χ4n) is 1.78. The van der Waals surface area contributed by atoms with Gasteiger partial charge in [-0.1, -0.05) is 24.6 Å². The molecule has 5 heteroatoms. The van der Waals surface area contributed by atoms with Crippen LogP contribution in [0.4, 0.5) is 0 Å². The standard InChI is InChI=1S/C14H13ClN2OS/c1-2-14(9-16,11-4-3-5-17-7-11)10-18-13-6-12(15)8-19-13/h3-8H,2,10H2,1H3. The summed E-state index contributed by atoms with van der Waals surface area (Å²) in [6.45, 7) is 2.27. The van der Waals surface area contributed by atoms with Crippen molar-refractivity contribution in [3.05, 3.63) is 46.6 Å². The van der Waals surface area contributed by atoms with Crippen molar-refractivity contribution in [3.8, 4) is 11.1 Å². The molecule has 98 valence electrons. The minimum Gasteiger partial charge on any atom is -0.482 e. The SMILES string of the molecule is CCC(C#N)(COc1cc(Cl)cs1)c1cccnc1. The lowest BCUT2D eigenvalue weighted by atomic mass is 9.81. The van der Waals surface area contributed by atoms with Gasteiger partial charge in [0.15, 0.2) is 5.06 Å². The van der Waals surface area contributed by atoms with Crippen LogP contribution in [0.2, 0.25) is 5.02 Å². The number of aromatic nitrogens is 1. The van der Waals surface area contributed by atoms with Gasteiger partial charge >= 0.3 is 0 Å². The van der Waals surface area contributed by atoms with Gasteiger partial charge < -0.3 is 4.74 Å². The van der Waals surface area contributed by atoms with Crippen molar-refractivity contribution in [3.63, 3.8) is 0 Å². The molecule has 1 atom stereocenters. The molecule has 2 aromatic rings. The van der Waals surface area contributed by atoms with Gasteiger partial charge in [-0.25, -0.2) is 0 Å². The molecule has 0 aromatic carbocycles. The summed E-state index contributed by atoms with van der Waals surface area (Å²) in [7, 11) is 0. The maximum absolute atomic E-state index is 9.53. The molecular weight excluding hydrogens is 280 g/mol. The maximum Gasteiger partial charge on any atom is 0.175 e. The molecule has 0 amide bonds. The Kier molecular flexibility index (Phi) is 4.41.